The monoisotopic (exact) mass is 245 g/mol. The number of hydrogen-bond donors (Lipinski definition) is 1. The van der Waals surface area contributed by atoms with Gasteiger partial charge in [-0.05, 0) is 32.0 Å². The topological polar surface area (TPSA) is 60.9 Å². The summed E-state index contributed by atoms with van der Waals surface area (Å²) in [7, 11) is 0. The summed E-state index contributed by atoms with van der Waals surface area (Å²) in [6.45, 7) is 3.47. The lowest BCUT2D eigenvalue weighted by Crippen LogP contribution is -2.11. The van der Waals surface area contributed by atoms with Gasteiger partial charge in [-0.2, -0.15) is 0 Å². The zero-order valence-corrected chi connectivity index (χ0v) is 10.7. The average Bonchev–Trinajstić information content (AvgIpc) is 2.73. The van der Waals surface area contributed by atoms with Gasteiger partial charge >= 0.3 is 0 Å². The van der Waals surface area contributed by atoms with Crippen LogP contribution in [0.15, 0.2) is 24.3 Å². The highest BCUT2D eigenvalue weighted by Crippen LogP contribution is 2.16. The van der Waals surface area contributed by atoms with Crippen LogP contribution in [0.5, 0.6) is 0 Å². The summed E-state index contributed by atoms with van der Waals surface area (Å²) >= 11 is 0. The van der Waals surface area contributed by atoms with Crippen molar-refractivity contribution in [1.82, 2.24) is 9.55 Å². The van der Waals surface area contributed by atoms with Crippen molar-refractivity contribution in [1.29, 1.82) is 0 Å². The number of aryl methyl sites for hydroxylation is 1. The Morgan fingerprint density at radius 3 is 2.89 bits per heavy atom. The van der Waals surface area contributed by atoms with Gasteiger partial charge in [-0.3, -0.25) is 4.79 Å². The lowest BCUT2D eigenvalue weighted by molar-refractivity contribution is -0.118. The minimum absolute atomic E-state index is 0.213. The highest BCUT2D eigenvalue weighted by atomic mass is 16.1. The molecule has 0 bridgehead atoms. The van der Waals surface area contributed by atoms with Gasteiger partial charge < -0.3 is 10.3 Å². The normalized spacial score (nSPS) is 11.0. The fraction of sp³-hybridized carbons (Fsp3) is 0.429. The Morgan fingerprint density at radius 1 is 1.39 bits per heavy atom. The van der Waals surface area contributed by atoms with Gasteiger partial charge in [0.05, 0.1) is 17.5 Å². The number of carbonyl (C=O) groups excluding carboxylic acids is 1. The molecule has 4 nitrogen and oxygen atoms in total. The molecule has 0 saturated carbocycles. The summed E-state index contributed by atoms with van der Waals surface area (Å²) in [5.41, 5.74) is 7.47. The molecule has 0 spiro atoms. The molecule has 2 N–H and O–H groups in total. The van der Waals surface area contributed by atoms with Gasteiger partial charge in [-0.25, -0.2) is 4.98 Å². The van der Waals surface area contributed by atoms with Gasteiger partial charge in [-0.15, -0.1) is 0 Å². The number of benzene rings is 1. The number of rotatable bonds is 6. The van der Waals surface area contributed by atoms with Crippen LogP contribution in [-0.2, 0) is 17.8 Å². The third kappa shape index (κ3) is 2.59. The molecule has 0 aliphatic carbocycles. The van der Waals surface area contributed by atoms with E-state index in [0.717, 1.165) is 29.8 Å². The molecule has 0 aliphatic heterocycles. The van der Waals surface area contributed by atoms with Crippen LogP contribution in [-0.4, -0.2) is 21.9 Å². The molecule has 0 radical (unpaired) electrons. The number of para-hydroxylation sites is 2. The minimum Gasteiger partial charge on any atom is -0.330 e. The Bertz CT molecular complexity index is 545. The van der Waals surface area contributed by atoms with Crippen molar-refractivity contribution in [2.45, 2.75) is 32.7 Å². The number of aromatic nitrogens is 2. The van der Waals surface area contributed by atoms with Crippen molar-refractivity contribution < 1.29 is 4.79 Å². The summed E-state index contributed by atoms with van der Waals surface area (Å²) in [5.74, 6) is 1.08. The van der Waals surface area contributed by atoms with Crippen molar-refractivity contribution in [2.24, 2.45) is 5.73 Å². The van der Waals surface area contributed by atoms with Crippen LogP contribution in [0.25, 0.3) is 11.0 Å². The molecule has 0 atom stereocenters. The minimum atomic E-state index is 0.213. The first-order valence-corrected chi connectivity index (χ1v) is 6.42. The number of Topliss-reactive ketones (excluding diaryl/α,β-unsaturated/α-hetero) is 1. The van der Waals surface area contributed by atoms with E-state index in [4.69, 9.17) is 5.73 Å². The van der Waals surface area contributed by atoms with Gasteiger partial charge in [0.1, 0.15) is 11.6 Å². The molecule has 96 valence electrons. The summed E-state index contributed by atoms with van der Waals surface area (Å²) in [6, 6.07) is 7.99. The molecule has 1 aromatic carbocycles. The van der Waals surface area contributed by atoms with E-state index in [1.54, 1.807) is 0 Å². The molecule has 1 heterocycles. The molecular weight excluding hydrogens is 226 g/mol. The maximum absolute atomic E-state index is 11.8. The highest BCUT2D eigenvalue weighted by Gasteiger charge is 2.12. The average molecular weight is 245 g/mol. The van der Waals surface area contributed by atoms with E-state index in [9.17, 15) is 4.79 Å². The first-order chi connectivity index (χ1) is 8.76. The quantitative estimate of drug-likeness (QED) is 0.845. The molecule has 0 fully saturated rings. The zero-order chi connectivity index (χ0) is 13.0. The summed E-state index contributed by atoms with van der Waals surface area (Å²) < 4.78 is 2.11. The van der Waals surface area contributed by atoms with Crippen LogP contribution < -0.4 is 5.73 Å². The Hall–Kier alpha value is -1.68. The van der Waals surface area contributed by atoms with Gasteiger partial charge in [0.15, 0.2) is 0 Å². The molecule has 0 aliphatic rings. The zero-order valence-electron chi connectivity index (χ0n) is 10.7. The van der Waals surface area contributed by atoms with Crippen molar-refractivity contribution >= 4 is 16.8 Å². The van der Waals surface area contributed by atoms with E-state index in [2.05, 4.69) is 16.5 Å². The van der Waals surface area contributed by atoms with Crippen LogP contribution >= 0.6 is 0 Å². The first kappa shape index (κ1) is 12.8. The van der Waals surface area contributed by atoms with Crippen LogP contribution in [0, 0.1) is 0 Å². The van der Waals surface area contributed by atoms with Crippen LogP contribution in [0.4, 0.5) is 0 Å². The number of imidazole rings is 1. The number of fused-ring (bicyclic) bond motifs is 1. The van der Waals surface area contributed by atoms with Crippen molar-refractivity contribution in [3.63, 3.8) is 0 Å². The van der Waals surface area contributed by atoms with Crippen LogP contribution in [0.1, 0.15) is 25.6 Å². The number of hydrogen-bond acceptors (Lipinski definition) is 3. The largest absolute Gasteiger partial charge is 0.330 e. The molecule has 0 saturated heterocycles. The lowest BCUT2D eigenvalue weighted by Gasteiger charge is -2.05. The maximum Gasteiger partial charge on any atom is 0.140 e. The van der Waals surface area contributed by atoms with Gasteiger partial charge in [0.25, 0.3) is 0 Å². The first-order valence-electron chi connectivity index (χ1n) is 6.42. The Morgan fingerprint density at radius 2 is 2.17 bits per heavy atom. The standard InChI is InChI=1S/C14H19N3O/c1-2-17-13-8-4-3-7-12(13)16-14(17)10-11(18)6-5-9-15/h3-4,7-8H,2,5-6,9-10,15H2,1H3. The Kier molecular flexibility index (Phi) is 4.10. The summed E-state index contributed by atoms with van der Waals surface area (Å²) in [5, 5.41) is 0. The second-order valence-corrected chi connectivity index (χ2v) is 4.37. The number of nitrogens with two attached hydrogens (primary N) is 1. The predicted octanol–water partition coefficient (Wildman–Crippen LogP) is 1.91. The Balaban J connectivity index is 2.24. The van der Waals surface area contributed by atoms with Crippen molar-refractivity contribution in [2.75, 3.05) is 6.54 Å². The van der Waals surface area contributed by atoms with E-state index >= 15 is 0 Å². The van der Waals surface area contributed by atoms with E-state index in [0.29, 0.717) is 19.4 Å². The third-order valence-electron chi connectivity index (χ3n) is 3.06. The van der Waals surface area contributed by atoms with E-state index in [-0.39, 0.29) is 5.78 Å². The van der Waals surface area contributed by atoms with Crippen LogP contribution in [0.3, 0.4) is 0 Å². The molecule has 0 unspecified atom stereocenters. The van der Waals surface area contributed by atoms with E-state index in [1.807, 2.05) is 24.3 Å². The lowest BCUT2D eigenvalue weighted by atomic mass is 10.1. The second kappa shape index (κ2) is 5.78. The maximum atomic E-state index is 11.8. The van der Waals surface area contributed by atoms with Gasteiger partial charge in [0.2, 0.25) is 0 Å². The van der Waals surface area contributed by atoms with Gasteiger partial charge in [0, 0.05) is 13.0 Å². The van der Waals surface area contributed by atoms with Crippen LogP contribution in [0.2, 0.25) is 0 Å². The number of carbonyl (C=O) groups is 1. The fourth-order valence-corrected chi connectivity index (χ4v) is 2.18. The molecule has 18 heavy (non-hydrogen) atoms. The summed E-state index contributed by atoms with van der Waals surface area (Å²) in [4.78, 5) is 16.3. The second-order valence-electron chi connectivity index (χ2n) is 4.37. The van der Waals surface area contributed by atoms with E-state index in [1.165, 1.54) is 0 Å². The summed E-state index contributed by atoms with van der Waals surface area (Å²) in [6.07, 6.45) is 1.71. The van der Waals surface area contributed by atoms with Crippen molar-refractivity contribution in [3.05, 3.63) is 30.1 Å². The van der Waals surface area contributed by atoms with E-state index < -0.39 is 0 Å². The van der Waals surface area contributed by atoms with Crippen molar-refractivity contribution in [3.8, 4) is 0 Å². The third-order valence-corrected chi connectivity index (χ3v) is 3.06. The highest BCUT2D eigenvalue weighted by molar-refractivity contribution is 5.82. The molecule has 2 aromatic rings. The number of ketones is 1. The Labute approximate surface area is 107 Å². The number of nitrogens with zero attached hydrogens (tertiary/aromatic N) is 2. The fourth-order valence-electron chi connectivity index (χ4n) is 2.18. The predicted molar refractivity (Wildman–Crippen MR) is 72.4 cm³/mol. The molecule has 0 amide bonds. The smallest absolute Gasteiger partial charge is 0.140 e. The molecule has 4 heteroatoms. The molecular formula is C14H19N3O. The van der Waals surface area contributed by atoms with Gasteiger partial charge in [-0.1, -0.05) is 12.1 Å². The SMILES string of the molecule is CCn1c(CC(=O)CCCN)nc2ccccc21. The molecule has 2 rings (SSSR count). The molecule has 1 aromatic heterocycles.